The molecule has 0 saturated carbocycles. The van der Waals surface area contributed by atoms with Gasteiger partial charge >= 0.3 is 0 Å². The smallest absolute Gasteiger partial charge is 0.238 e. The number of rotatable bonds is 11. The summed E-state index contributed by atoms with van der Waals surface area (Å²) >= 11 is 0. The number of hydrogen-bond acceptors (Lipinski definition) is 5. The zero-order valence-electron chi connectivity index (χ0n) is 21.6. The molecule has 1 fully saturated rings. The van der Waals surface area contributed by atoms with Crippen LogP contribution < -0.4 is 14.9 Å². The highest BCUT2D eigenvalue weighted by atomic mass is 16.6. The largest absolute Gasteiger partial charge is 0.488 e. The standard InChI is InChI=1S/C27H41NO5/c1-16(2)25-27(7,33-25)24(30)19(5)15-18(4)12-10-11-17(3)13-14-21-20(6)22(29)23(31-8)26(28-21)32-9/h10,12-13,15-16,19,24-25,30H,11,14H2,1-9H3,(H,28,29)/b12-10+,17-13+,18-15+/t19-,24-,25+,27+/m0/s1. The predicted molar refractivity (Wildman–Crippen MR) is 133 cm³/mol. The molecule has 0 amide bonds. The highest BCUT2D eigenvalue weighted by molar-refractivity contribution is 5.40. The summed E-state index contributed by atoms with van der Waals surface area (Å²) in [6.07, 6.45) is 9.41. The van der Waals surface area contributed by atoms with Crippen LogP contribution in [0.25, 0.3) is 0 Å². The quantitative estimate of drug-likeness (QED) is 0.280. The molecule has 1 aliphatic rings. The van der Waals surface area contributed by atoms with Crippen LogP contribution in [-0.4, -0.2) is 42.1 Å². The van der Waals surface area contributed by atoms with Crippen molar-refractivity contribution in [3.8, 4) is 11.6 Å². The van der Waals surface area contributed by atoms with E-state index in [4.69, 9.17) is 14.2 Å². The van der Waals surface area contributed by atoms with Crippen molar-refractivity contribution in [3.05, 3.63) is 56.9 Å². The first-order valence-corrected chi connectivity index (χ1v) is 11.7. The van der Waals surface area contributed by atoms with E-state index in [0.717, 1.165) is 17.7 Å². The van der Waals surface area contributed by atoms with Gasteiger partial charge in [-0.2, -0.15) is 0 Å². The van der Waals surface area contributed by atoms with Gasteiger partial charge in [-0.1, -0.05) is 56.2 Å². The van der Waals surface area contributed by atoms with E-state index in [9.17, 15) is 9.90 Å². The normalized spacial score (nSPS) is 23.2. The SMILES string of the molecule is COc1[nH]c(C/C=C(\C)C/C=C/C(C)=C/[C@H](C)[C@H](O)[C@@]2(C)O[C@@H]2C(C)C)c(C)c(=O)c1OC. The Bertz CT molecular complexity index is 971. The van der Waals surface area contributed by atoms with Crippen molar-refractivity contribution in [2.75, 3.05) is 14.2 Å². The van der Waals surface area contributed by atoms with Gasteiger partial charge in [0.05, 0.1) is 26.4 Å². The number of epoxide rings is 1. The van der Waals surface area contributed by atoms with E-state index in [1.165, 1.54) is 19.8 Å². The lowest BCUT2D eigenvalue weighted by Crippen LogP contribution is -2.35. The summed E-state index contributed by atoms with van der Waals surface area (Å²) in [7, 11) is 2.97. The summed E-state index contributed by atoms with van der Waals surface area (Å²) < 4.78 is 16.2. The Hall–Kier alpha value is -2.31. The predicted octanol–water partition coefficient (Wildman–Crippen LogP) is 4.89. The number of aliphatic hydroxyl groups excluding tert-OH is 1. The van der Waals surface area contributed by atoms with Crippen LogP contribution >= 0.6 is 0 Å². The lowest BCUT2D eigenvalue weighted by molar-refractivity contribution is 0.0563. The second-order valence-electron chi connectivity index (χ2n) is 9.67. The van der Waals surface area contributed by atoms with Crippen LogP contribution in [0.2, 0.25) is 0 Å². The molecule has 0 bridgehead atoms. The van der Waals surface area contributed by atoms with Gasteiger partial charge < -0.3 is 24.3 Å². The molecule has 2 N–H and O–H groups in total. The van der Waals surface area contributed by atoms with E-state index in [0.29, 0.717) is 23.8 Å². The first kappa shape index (κ1) is 26.9. The molecule has 4 atom stereocenters. The molecule has 1 aromatic rings. The fourth-order valence-electron chi connectivity index (χ4n) is 4.38. The van der Waals surface area contributed by atoms with E-state index in [-0.39, 0.29) is 23.2 Å². The second-order valence-corrected chi connectivity index (χ2v) is 9.67. The molecule has 2 rings (SSSR count). The van der Waals surface area contributed by atoms with Gasteiger partial charge in [0.25, 0.3) is 0 Å². The van der Waals surface area contributed by atoms with Crippen LogP contribution in [-0.2, 0) is 11.2 Å². The fraction of sp³-hybridized carbons (Fsp3) is 0.593. The highest BCUT2D eigenvalue weighted by Crippen LogP contribution is 2.45. The number of hydrogen-bond donors (Lipinski definition) is 2. The minimum Gasteiger partial charge on any atom is -0.488 e. The number of ether oxygens (including phenoxy) is 3. The summed E-state index contributed by atoms with van der Waals surface area (Å²) in [6, 6.07) is 0. The van der Waals surface area contributed by atoms with E-state index >= 15 is 0 Å². The molecule has 184 valence electrons. The average Bonchev–Trinajstić information content (AvgIpc) is 3.47. The zero-order valence-corrected chi connectivity index (χ0v) is 21.6. The van der Waals surface area contributed by atoms with Crippen molar-refractivity contribution >= 4 is 0 Å². The van der Waals surface area contributed by atoms with Gasteiger partial charge in [-0.05, 0) is 40.0 Å². The molecule has 1 aromatic heterocycles. The number of nitrogens with one attached hydrogen (secondary N) is 1. The Labute approximate surface area is 198 Å². The molecule has 6 heteroatoms. The maximum atomic E-state index is 12.5. The molecular weight excluding hydrogens is 418 g/mol. The number of aliphatic hydroxyl groups is 1. The Morgan fingerprint density at radius 2 is 1.91 bits per heavy atom. The molecule has 0 aliphatic carbocycles. The number of methoxy groups -OCH3 is 2. The van der Waals surface area contributed by atoms with Crippen LogP contribution in [0, 0.1) is 18.8 Å². The van der Waals surface area contributed by atoms with Gasteiger partial charge in [0, 0.05) is 23.6 Å². The van der Waals surface area contributed by atoms with Gasteiger partial charge in [-0.25, -0.2) is 0 Å². The van der Waals surface area contributed by atoms with Gasteiger partial charge in [0.1, 0.15) is 5.60 Å². The molecule has 33 heavy (non-hydrogen) atoms. The minimum atomic E-state index is -0.526. The summed E-state index contributed by atoms with van der Waals surface area (Å²) in [5.74, 6) is 0.948. The highest BCUT2D eigenvalue weighted by Gasteiger charge is 2.59. The van der Waals surface area contributed by atoms with Gasteiger partial charge in [0.2, 0.25) is 17.1 Å². The lowest BCUT2D eigenvalue weighted by Gasteiger charge is -2.21. The van der Waals surface area contributed by atoms with Crippen molar-refractivity contribution in [3.63, 3.8) is 0 Å². The third kappa shape index (κ3) is 6.39. The number of allylic oxidation sites excluding steroid dienone is 5. The molecule has 6 nitrogen and oxygen atoms in total. The first-order chi connectivity index (χ1) is 15.5. The van der Waals surface area contributed by atoms with Crippen molar-refractivity contribution < 1.29 is 19.3 Å². The van der Waals surface area contributed by atoms with Crippen LogP contribution in [0.4, 0.5) is 0 Å². The summed E-state index contributed by atoms with van der Waals surface area (Å²) in [5, 5.41) is 10.7. The third-order valence-corrected chi connectivity index (χ3v) is 6.46. The third-order valence-electron chi connectivity index (χ3n) is 6.46. The van der Waals surface area contributed by atoms with E-state index < -0.39 is 11.7 Å². The molecule has 1 saturated heterocycles. The monoisotopic (exact) mass is 459 g/mol. The molecule has 0 aromatic carbocycles. The van der Waals surface area contributed by atoms with Crippen molar-refractivity contribution in [2.45, 2.75) is 79.1 Å². The Balaban J connectivity index is 1.97. The summed E-state index contributed by atoms with van der Waals surface area (Å²) in [5.41, 5.74) is 3.15. The molecular formula is C27H41NO5. The number of aromatic nitrogens is 1. The fourth-order valence-corrected chi connectivity index (χ4v) is 4.38. The molecule has 0 spiro atoms. The molecule has 1 aliphatic heterocycles. The first-order valence-electron chi connectivity index (χ1n) is 11.7. The van der Waals surface area contributed by atoms with Crippen molar-refractivity contribution in [2.24, 2.45) is 11.8 Å². The van der Waals surface area contributed by atoms with Crippen LogP contribution in [0.1, 0.15) is 59.2 Å². The van der Waals surface area contributed by atoms with Crippen molar-refractivity contribution in [1.82, 2.24) is 4.98 Å². The van der Waals surface area contributed by atoms with Gasteiger partial charge in [-0.3, -0.25) is 4.79 Å². The molecule has 2 heterocycles. The van der Waals surface area contributed by atoms with Crippen LogP contribution in [0.15, 0.2) is 40.2 Å². The number of pyridine rings is 1. The zero-order chi connectivity index (χ0) is 24.9. The maximum Gasteiger partial charge on any atom is 0.238 e. The van der Waals surface area contributed by atoms with Crippen molar-refractivity contribution in [1.29, 1.82) is 0 Å². The van der Waals surface area contributed by atoms with E-state index in [1.54, 1.807) is 6.92 Å². The Kier molecular flexibility index (Phi) is 9.15. The number of H-pyrrole nitrogens is 1. The lowest BCUT2D eigenvalue weighted by atomic mass is 9.86. The average molecular weight is 460 g/mol. The van der Waals surface area contributed by atoms with Gasteiger partial charge in [0.15, 0.2) is 0 Å². The van der Waals surface area contributed by atoms with Crippen LogP contribution in [0.5, 0.6) is 11.6 Å². The van der Waals surface area contributed by atoms with E-state index in [2.05, 4.69) is 50.1 Å². The van der Waals surface area contributed by atoms with Crippen LogP contribution in [0.3, 0.4) is 0 Å². The topological polar surface area (TPSA) is 84.1 Å². The Morgan fingerprint density at radius 3 is 2.45 bits per heavy atom. The molecule has 0 radical (unpaired) electrons. The Morgan fingerprint density at radius 1 is 1.24 bits per heavy atom. The summed E-state index contributed by atoms with van der Waals surface area (Å²) in [4.78, 5) is 15.6. The minimum absolute atomic E-state index is 0.00453. The second kappa shape index (κ2) is 11.2. The number of aromatic amines is 1. The van der Waals surface area contributed by atoms with Gasteiger partial charge in [-0.15, -0.1) is 0 Å². The summed E-state index contributed by atoms with van der Waals surface area (Å²) in [6.45, 7) is 14.2. The van der Waals surface area contributed by atoms with E-state index in [1.807, 2.05) is 20.8 Å². The maximum absolute atomic E-state index is 12.5. The molecule has 0 unspecified atom stereocenters.